The molecule has 0 radical (unpaired) electrons. The molecule has 0 bridgehead atoms. The van der Waals surface area contributed by atoms with Crippen molar-refractivity contribution in [2.75, 3.05) is 18.5 Å². The summed E-state index contributed by atoms with van der Waals surface area (Å²) in [6.07, 6.45) is -4.46. The summed E-state index contributed by atoms with van der Waals surface area (Å²) in [4.78, 5) is 11.7. The van der Waals surface area contributed by atoms with Crippen molar-refractivity contribution in [3.8, 4) is 17.6 Å². The molecule has 136 valence electrons. The molecule has 0 aromatic heterocycles. The highest BCUT2D eigenvalue weighted by Gasteiger charge is 2.30. The summed E-state index contributed by atoms with van der Waals surface area (Å²) in [5.41, 5.74) is -0.789. The maximum atomic E-state index is 12.6. The van der Waals surface area contributed by atoms with E-state index in [-0.39, 0.29) is 18.8 Å². The van der Waals surface area contributed by atoms with Crippen molar-refractivity contribution in [1.29, 1.82) is 0 Å². The first-order valence-corrected chi connectivity index (χ1v) is 8.20. The molecule has 2 aromatic carbocycles. The lowest BCUT2D eigenvalue weighted by molar-refractivity contribution is -0.137. The third kappa shape index (κ3) is 6.69. The molecule has 0 aliphatic heterocycles. The number of carbonyl (C=O) groups is 1. The van der Waals surface area contributed by atoms with E-state index in [1.807, 2.05) is 12.1 Å². The van der Waals surface area contributed by atoms with Gasteiger partial charge in [-0.25, -0.2) is 4.79 Å². The minimum atomic E-state index is -4.46. The number of ether oxygens (including phenoxy) is 1. The topological polar surface area (TPSA) is 50.4 Å². The second kappa shape index (κ2) is 9.15. The maximum absolute atomic E-state index is 12.6. The van der Waals surface area contributed by atoms with Gasteiger partial charge < -0.3 is 15.4 Å². The third-order valence-corrected chi connectivity index (χ3v) is 3.51. The van der Waals surface area contributed by atoms with Gasteiger partial charge in [-0.05, 0) is 36.4 Å². The highest BCUT2D eigenvalue weighted by atomic mass is 79.9. The fraction of sp³-hybridized carbons (Fsp3) is 0.167. The number of benzene rings is 2. The Labute approximate surface area is 156 Å². The Hall–Kier alpha value is -2.66. The van der Waals surface area contributed by atoms with Crippen LogP contribution in [0.4, 0.5) is 23.7 Å². The summed E-state index contributed by atoms with van der Waals surface area (Å²) in [7, 11) is 0. The van der Waals surface area contributed by atoms with Crippen LogP contribution in [-0.4, -0.2) is 19.2 Å². The van der Waals surface area contributed by atoms with Gasteiger partial charge in [-0.1, -0.05) is 39.9 Å². The van der Waals surface area contributed by atoms with Crippen LogP contribution >= 0.6 is 15.9 Å². The number of urea groups is 1. The molecular formula is C18H14BrF3N2O2. The molecule has 26 heavy (non-hydrogen) atoms. The molecule has 0 saturated carbocycles. The number of hydrogen-bond donors (Lipinski definition) is 2. The minimum Gasteiger partial charge on any atom is -0.481 e. The predicted octanol–water partition coefficient (Wildman–Crippen LogP) is 4.67. The Balaban J connectivity index is 1.74. The van der Waals surface area contributed by atoms with Gasteiger partial charge in [0.2, 0.25) is 0 Å². The largest absolute Gasteiger partial charge is 0.481 e. The molecular weight excluding hydrogens is 413 g/mol. The van der Waals surface area contributed by atoms with E-state index < -0.39 is 17.8 Å². The molecule has 0 aliphatic carbocycles. The lowest BCUT2D eigenvalue weighted by Crippen LogP contribution is -2.29. The molecule has 2 aromatic rings. The van der Waals surface area contributed by atoms with E-state index in [0.717, 1.165) is 16.6 Å². The highest BCUT2D eigenvalue weighted by Crippen LogP contribution is 2.30. The van der Waals surface area contributed by atoms with Gasteiger partial charge in [0.25, 0.3) is 0 Å². The number of amides is 2. The van der Waals surface area contributed by atoms with Gasteiger partial charge in [0.15, 0.2) is 0 Å². The van der Waals surface area contributed by atoms with Gasteiger partial charge in [0.05, 0.1) is 12.1 Å². The molecule has 0 atom stereocenters. The maximum Gasteiger partial charge on any atom is 0.416 e. The van der Waals surface area contributed by atoms with Crippen molar-refractivity contribution >= 4 is 27.6 Å². The quantitative estimate of drug-likeness (QED) is 0.697. The first-order chi connectivity index (χ1) is 12.3. The average molecular weight is 427 g/mol. The van der Waals surface area contributed by atoms with Crippen LogP contribution in [0.5, 0.6) is 5.75 Å². The van der Waals surface area contributed by atoms with Crippen molar-refractivity contribution < 1.29 is 22.7 Å². The number of hydrogen-bond acceptors (Lipinski definition) is 2. The Kier molecular flexibility index (Phi) is 6.92. The van der Waals surface area contributed by atoms with Gasteiger partial charge in [-0.3, -0.25) is 0 Å². The van der Waals surface area contributed by atoms with Gasteiger partial charge in [0, 0.05) is 10.2 Å². The van der Waals surface area contributed by atoms with Gasteiger partial charge in [-0.15, -0.1) is 0 Å². The van der Waals surface area contributed by atoms with Crippen LogP contribution in [0.15, 0.2) is 53.0 Å². The monoisotopic (exact) mass is 426 g/mol. The van der Waals surface area contributed by atoms with Crippen LogP contribution in [0.3, 0.4) is 0 Å². The SMILES string of the molecule is O=C(NCC#CCOc1cccc(Br)c1)Nc1cccc(C(F)(F)F)c1. The zero-order valence-corrected chi connectivity index (χ0v) is 14.9. The van der Waals surface area contributed by atoms with E-state index in [9.17, 15) is 18.0 Å². The molecule has 0 unspecified atom stereocenters. The second-order valence-electron chi connectivity index (χ2n) is 4.99. The molecule has 0 fully saturated rings. The van der Waals surface area contributed by atoms with Crippen LogP contribution < -0.4 is 15.4 Å². The lowest BCUT2D eigenvalue weighted by atomic mass is 10.2. The average Bonchev–Trinajstić information content (AvgIpc) is 2.57. The summed E-state index contributed by atoms with van der Waals surface area (Å²) in [6.45, 7) is 0.181. The summed E-state index contributed by atoms with van der Waals surface area (Å²) in [5, 5.41) is 4.75. The lowest BCUT2D eigenvalue weighted by Gasteiger charge is -2.09. The molecule has 8 heteroatoms. The molecule has 0 aliphatic rings. The van der Waals surface area contributed by atoms with E-state index >= 15 is 0 Å². The van der Waals surface area contributed by atoms with Crippen LogP contribution in [0.25, 0.3) is 0 Å². The minimum absolute atomic E-state index is 0.0344. The zero-order chi connectivity index (χ0) is 19.0. The first-order valence-electron chi connectivity index (χ1n) is 7.41. The number of anilines is 1. The van der Waals surface area contributed by atoms with E-state index in [1.54, 1.807) is 12.1 Å². The number of alkyl halides is 3. The smallest absolute Gasteiger partial charge is 0.416 e. The predicted molar refractivity (Wildman–Crippen MR) is 95.9 cm³/mol. The van der Waals surface area contributed by atoms with Gasteiger partial charge in [-0.2, -0.15) is 13.2 Å². The molecule has 2 rings (SSSR count). The standard InChI is InChI=1S/C18H14BrF3N2O2/c19-14-6-4-8-16(12-14)26-10-2-1-9-23-17(25)24-15-7-3-5-13(11-15)18(20,21)22/h3-8,11-12H,9-10H2,(H2,23,24,25). The number of halogens is 4. The number of rotatable bonds is 4. The zero-order valence-electron chi connectivity index (χ0n) is 13.4. The van der Waals surface area contributed by atoms with Crippen molar-refractivity contribution in [2.45, 2.75) is 6.18 Å². The molecule has 2 amide bonds. The van der Waals surface area contributed by atoms with Gasteiger partial charge in [0.1, 0.15) is 12.4 Å². The van der Waals surface area contributed by atoms with Crippen LogP contribution in [-0.2, 0) is 6.18 Å². The summed E-state index contributed by atoms with van der Waals surface area (Å²) >= 11 is 3.32. The van der Waals surface area contributed by atoms with E-state index in [0.29, 0.717) is 5.75 Å². The fourth-order valence-electron chi connectivity index (χ4n) is 1.86. The van der Waals surface area contributed by atoms with Crippen molar-refractivity contribution in [2.24, 2.45) is 0 Å². The Morgan fingerprint density at radius 1 is 1.12 bits per heavy atom. The second-order valence-corrected chi connectivity index (χ2v) is 5.90. The summed E-state index contributed by atoms with van der Waals surface area (Å²) in [6, 6.07) is 11.0. The van der Waals surface area contributed by atoms with Crippen molar-refractivity contribution in [3.63, 3.8) is 0 Å². The number of carbonyl (C=O) groups excluding carboxylic acids is 1. The third-order valence-electron chi connectivity index (χ3n) is 3.02. The molecule has 4 nitrogen and oxygen atoms in total. The number of nitrogens with one attached hydrogen (secondary N) is 2. The fourth-order valence-corrected chi connectivity index (χ4v) is 2.24. The molecule has 0 spiro atoms. The Morgan fingerprint density at radius 2 is 1.88 bits per heavy atom. The summed E-state index contributed by atoms with van der Waals surface area (Å²) in [5.74, 6) is 6.06. The van der Waals surface area contributed by atoms with E-state index in [1.165, 1.54) is 12.1 Å². The summed E-state index contributed by atoms with van der Waals surface area (Å²) < 4.78 is 44.1. The Bertz CT molecular complexity index is 829. The molecule has 2 N–H and O–H groups in total. The molecule has 0 heterocycles. The van der Waals surface area contributed by atoms with Gasteiger partial charge >= 0.3 is 12.2 Å². The van der Waals surface area contributed by atoms with Crippen molar-refractivity contribution in [3.05, 3.63) is 58.6 Å². The van der Waals surface area contributed by atoms with E-state index in [2.05, 4.69) is 38.4 Å². The van der Waals surface area contributed by atoms with Crippen LogP contribution in [0, 0.1) is 11.8 Å². The van der Waals surface area contributed by atoms with Crippen molar-refractivity contribution in [1.82, 2.24) is 5.32 Å². The first kappa shape index (κ1) is 19.7. The normalized spacial score (nSPS) is 10.5. The van der Waals surface area contributed by atoms with Crippen LogP contribution in [0.2, 0.25) is 0 Å². The van der Waals surface area contributed by atoms with Crippen LogP contribution in [0.1, 0.15) is 5.56 Å². The van der Waals surface area contributed by atoms with E-state index in [4.69, 9.17) is 4.74 Å². The highest BCUT2D eigenvalue weighted by molar-refractivity contribution is 9.10. The Morgan fingerprint density at radius 3 is 2.62 bits per heavy atom. The molecule has 0 saturated heterocycles.